The summed E-state index contributed by atoms with van der Waals surface area (Å²) in [6.07, 6.45) is 0. The lowest BCUT2D eigenvalue weighted by atomic mass is 9.96. The minimum atomic E-state index is -0.674. The van der Waals surface area contributed by atoms with Crippen molar-refractivity contribution in [2.45, 2.75) is 34.2 Å². The van der Waals surface area contributed by atoms with Gasteiger partial charge in [-0.15, -0.1) is 11.3 Å². The van der Waals surface area contributed by atoms with Crippen molar-refractivity contribution in [2.75, 3.05) is 6.61 Å². The van der Waals surface area contributed by atoms with Crippen LogP contribution in [0.5, 0.6) is 5.75 Å². The lowest BCUT2D eigenvalue weighted by Crippen LogP contribution is -2.31. The zero-order valence-electron chi connectivity index (χ0n) is 12.6. The Labute approximate surface area is 126 Å². The van der Waals surface area contributed by atoms with E-state index in [9.17, 15) is 14.7 Å². The highest BCUT2D eigenvalue weighted by atomic mass is 32.1. The average molecular weight is 309 g/mol. The number of thiophene rings is 1. The molecule has 0 aliphatic heterocycles. The molecule has 0 amide bonds. The topological polar surface area (TPSA) is 68.5 Å². The zero-order chi connectivity index (χ0) is 15.8. The average Bonchev–Trinajstić information content (AvgIpc) is 2.84. The van der Waals surface area contributed by atoms with Gasteiger partial charge in [0.1, 0.15) is 0 Å². The number of rotatable bonds is 3. The van der Waals surface area contributed by atoms with Gasteiger partial charge in [-0.1, -0.05) is 20.8 Å². The molecule has 0 saturated heterocycles. The molecule has 0 spiro atoms. The second kappa shape index (κ2) is 5.52. The molecule has 0 aliphatic rings. The number of nitrogens with zero attached hydrogens (tertiary/aromatic N) is 1. The third-order valence-corrected chi connectivity index (χ3v) is 3.87. The van der Waals surface area contributed by atoms with E-state index in [0.717, 1.165) is 0 Å². The van der Waals surface area contributed by atoms with E-state index in [1.54, 1.807) is 18.4 Å². The predicted molar refractivity (Wildman–Crippen MR) is 83.2 cm³/mol. The summed E-state index contributed by atoms with van der Waals surface area (Å²) in [7, 11) is 0. The number of fused-ring (bicyclic) bond motifs is 1. The highest BCUT2D eigenvalue weighted by Crippen LogP contribution is 2.32. The highest BCUT2D eigenvalue weighted by molar-refractivity contribution is 7.17. The van der Waals surface area contributed by atoms with Crippen molar-refractivity contribution in [3.8, 4) is 5.75 Å². The Balaban J connectivity index is 2.78. The van der Waals surface area contributed by atoms with Crippen LogP contribution in [0.15, 0.2) is 16.2 Å². The van der Waals surface area contributed by atoms with Gasteiger partial charge < -0.3 is 9.84 Å². The van der Waals surface area contributed by atoms with Crippen molar-refractivity contribution in [2.24, 2.45) is 5.41 Å². The van der Waals surface area contributed by atoms with E-state index in [0.29, 0.717) is 16.6 Å². The molecule has 114 valence electrons. The molecule has 0 fully saturated rings. The van der Waals surface area contributed by atoms with E-state index in [1.807, 2.05) is 20.8 Å². The molecule has 2 aromatic heterocycles. The van der Waals surface area contributed by atoms with Gasteiger partial charge >= 0.3 is 5.97 Å². The SMILES string of the molecule is CCOC(=O)c1c(O)c2sccc2c(=O)n1CC(C)(C)C. The summed E-state index contributed by atoms with van der Waals surface area (Å²) in [5, 5.41) is 12.5. The van der Waals surface area contributed by atoms with Crippen molar-refractivity contribution in [1.82, 2.24) is 4.57 Å². The van der Waals surface area contributed by atoms with Gasteiger partial charge in [-0.2, -0.15) is 0 Å². The van der Waals surface area contributed by atoms with Crippen LogP contribution in [-0.4, -0.2) is 22.2 Å². The van der Waals surface area contributed by atoms with Gasteiger partial charge in [-0.3, -0.25) is 9.36 Å². The Morgan fingerprint density at radius 1 is 1.43 bits per heavy atom. The van der Waals surface area contributed by atoms with E-state index in [4.69, 9.17) is 4.74 Å². The first-order valence-electron chi connectivity index (χ1n) is 6.76. The van der Waals surface area contributed by atoms with E-state index in [1.165, 1.54) is 15.9 Å². The van der Waals surface area contributed by atoms with Gasteiger partial charge in [-0.05, 0) is 23.8 Å². The van der Waals surface area contributed by atoms with Crippen LogP contribution in [0, 0.1) is 5.41 Å². The summed E-state index contributed by atoms with van der Waals surface area (Å²) < 4.78 is 6.74. The number of aromatic hydroxyl groups is 1. The van der Waals surface area contributed by atoms with Crippen molar-refractivity contribution >= 4 is 27.4 Å². The van der Waals surface area contributed by atoms with Gasteiger partial charge in [-0.25, -0.2) is 4.79 Å². The number of carbonyl (C=O) groups excluding carboxylic acids is 1. The Morgan fingerprint density at radius 2 is 2.10 bits per heavy atom. The quantitative estimate of drug-likeness (QED) is 0.885. The number of esters is 1. The van der Waals surface area contributed by atoms with Crippen molar-refractivity contribution in [1.29, 1.82) is 0 Å². The van der Waals surface area contributed by atoms with E-state index < -0.39 is 5.97 Å². The maximum absolute atomic E-state index is 12.6. The van der Waals surface area contributed by atoms with Gasteiger partial charge in [0.25, 0.3) is 5.56 Å². The first kappa shape index (κ1) is 15.6. The smallest absolute Gasteiger partial charge is 0.358 e. The minimum absolute atomic E-state index is 0.0632. The summed E-state index contributed by atoms with van der Waals surface area (Å²) in [6.45, 7) is 8.07. The number of hydrogen-bond donors (Lipinski definition) is 1. The molecule has 2 aromatic rings. The van der Waals surface area contributed by atoms with Crippen LogP contribution >= 0.6 is 11.3 Å². The van der Waals surface area contributed by atoms with E-state index in [2.05, 4.69) is 0 Å². The Bertz CT molecular complexity index is 736. The molecule has 6 heteroatoms. The molecule has 5 nitrogen and oxygen atoms in total. The summed E-state index contributed by atoms with van der Waals surface area (Å²) in [5.41, 5.74) is -0.560. The third-order valence-electron chi connectivity index (χ3n) is 2.95. The van der Waals surface area contributed by atoms with Crippen LogP contribution in [-0.2, 0) is 11.3 Å². The van der Waals surface area contributed by atoms with Crippen LogP contribution in [0.1, 0.15) is 38.2 Å². The van der Waals surface area contributed by atoms with Gasteiger partial charge in [0.15, 0.2) is 11.4 Å². The molecule has 2 heterocycles. The second-order valence-electron chi connectivity index (χ2n) is 6.03. The lowest BCUT2D eigenvalue weighted by molar-refractivity contribution is 0.0506. The fraction of sp³-hybridized carbons (Fsp3) is 0.467. The minimum Gasteiger partial charge on any atom is -0.504 e. The van der Waals surface area contributed by atoms with Crippen LogP contribution in [0.25, 0.3) is 10.1 Å². The predicted octanol–water partition coefficient (Wildman–Crippen LogP) is 2.99. The molecular formula is C15H19NO4S. The fourth-order valence-electron chi connectivity index (χ4n) is 2.17. The molecule has 0 unspecified atom stereocenters. The maximum Gasteiger partial charge on any atom is 0.358 e. The Hall–Kier alpha value is -1.82. The largest absolute Gasteiger partial charge is 0.504 e. The number of ether oxygens (including phenoxy) is 1. The number of aromatic nitrogens is 1. The molecule has 0 aliphatic carbocycles. The highest BCUT2D eigenvalue weighted by Gasteiger charge is 2.26. The third kappa shape index (κ3) is 2.95. The molecule has 0 saturated carbocycles. The van der Waals surface area contributed by atoms with Crippen LogP contribution in [0.3, 0.4) is 0 Å². The normalized spacial score (nSPS) is 11.8. The standard InChI is InChI=1S/C15H19NO4S/c1-5-20-14(19)10-11(17)12-9(6-7-21-12)13(18)16(10)8-15(2,3)4/h6-7,17H,5,8H2,1-4H3. The first-order chi connectivity index (χ1) is 9.76. The molecule has 1 N–H and O–H groups in total. The monoisotopic (exact) mass is 309 g/mol. The molecular weight excluding hydrogens is 290 g/mol. The fourth-order valence-corrected chi connectivity index (χ4v) is 3.01. The molecule has 0 atom stereocenters. The first-order valence-corrected chi connectivity index (χ1v) is 7.64. The summed E-state index contributed by atoms with van der Waals surface area (Å²) in [5.74, 6) is -0.853. The number of pyridine rings is 1. The van der Waals surface area contributed by atoms with Crippen LogP contribution in [0.4, 0.5) is 0 Å². The van der Waals surface area contributed by atoms with Crippen molar-refractivity contribution < 1.29 is 14.6 Å². The van der Waals surface area contributed by atoms with E-state index in [-0.39, 0.29) is 29.0 Å². The van der Waals surface area contributed by atoms with Crippen molar-refractivity contribution in [3.63, 3.8) is 0 Å². The van der Waals surface area contributed by atoms with Crippen LogP contribution < -0.4 is 5.56 Å². The molecule has 0 aromatic carbocycles. The zero-order valence-corrected chi connectivity index (χ0v) is 13.4. The van der Waals surface area contributed by atoms with Gasteiger partial charge in [0.2, 0.25) is 0 Å². The Kier molecular flexibility index (Phi) is 4.09. The van der Waals surface area contributed by atoms with Gasteiger partial charge in [0.05, 0.1) is 16.7 Å². The van der Waals surface area contributed by atoms with Crippen LogP contribution in [0.2, 0.25) is 0 Å². The lowest BCUT2D eigenvalue weighted by Gasteiger charge is -2.22. The summed E-state index contributed by atoms with van der Waals surface area (Å²) >= 11 is 1.23. The number of carbonyl (C=O) groups is 1. The summed E-state index contributed by atoms with van der Waals surface area (Å²) in [6, 6.07) is 1.66. The number of hydrogen-bond acceptors (Lipinski definition) is 5. The molecule has 21 heavy (non-hydrogen) atoms. The molecule has 0 bridgehead atoms. The maximum atomic E-state index is 12.6. The molecule has 2 rings (SSSR count). The summed E-state index contributed by atoms with van der Waals surface area (Å²) in [4.78, 5) is 24.8. The Morgan fingerprint density at radius 3 is 2.67 bits per heavy atom. The van der Waals surface area contributed by atoms with E-state index >= 15 is 0 Å². The second-order valence-corrected chi connectivity index (χ2v) is 6.95. The van der Waals surface area contributed by atoms with Gasteiger partial charge in [0, 0.05) is 6.54 Å². The molecule has 0 radical (unpaired) electrons. The van der Waals surface area contributed by atoms with Crippen molar-refractivity contribution in [3.05, 3.63) is 27.5 Å².